The topological polar surface area (TPSA) is 114 Å². The van der Waals surface area contributed by atoms with Crippen molar-refractivity contribution in [2.24, 2.45) is 5.92 Å². The summed E-state index contributed by atoms with van der Waals surface area (Å²) in [5.74, 6) is -0.977. The van der Waals surface area contributed by atoms with Gasteiger partial charge in [0.05, 0.1) is 7.11 Å². The minimum absolute atomic E-state index is 0.00363. The first-order valence-corrected chi connectivity index (χ1v) is 15.9. The van der Waals surface area contributed by atoms with Crippen molar-refractivity contribution < 1.29 is 28.7 Å². The van der Waals surface area contributed by atoms with Gasteiger partial charge >= 0.3 is 12.1 Å². The van der Waals surface area contributed by atoms with Crippen LogP contribution in [0.2, 0.25) is 5.02 Å². The second-order valence-corrected chi connectivity index (χ2v) is 12.5. The summed E-state index contributed by atoms with van der Waals surface area (Å²) in [6.07, 6.45) is 7.69. The average Bonchev–Trinajstić information content (AvgIpc) is 3.82. The molecule has 0 saturated heterocycles. The number of hydrogen-bond acceptors (Lipinski definition) is 6. The van der Waals surface area contributed by atoms with Crippen LogP contribution in [0.4, 0.5) is 4.79 Å². The van der Waals surface area contributed by atoms with E-state index < -0.39 is 30.1 Å². The van der Waals surface area contributed by atoms with Gasteiger partial charge in [-0.3, -0.25) is 9.59 Å². The summed E-state index contributed by atoms with van der Waals surface area (Å²) in [6.45, 7) is -0.00363. The van der Waals surface area contributed by atoms with Crippen molar-refractivity contribution >= 4 is 35.5 Å². The summed E-state index contributed by atoms with van der Waals surface area (Å²) in [5.41, 5.74) is 1.67. The number of ether oxygens (including phenoxy) is 2. The molecule has 3 amide bonds. The fourth-order valence-electron chi connectivity index (χ4n) is 6.06. The highest BCUT2D eigenvalue weighted by Gasteiger charge is 2.48. The van der Waals surface area contributed by atoms with Crippen molar-refractivity contribution in [3.05, 3.63) is 70.7 Å². The number of likely N-dealkylation sites (N-methyl/N-ethyl adjacent to an activating group) is 1. The van der Waals surface area contributed by atoms with Crippen molar-refractivity contribution in [2.75, 3.05) is 14.2 Å². The molecule has 0 radical (unpaired) electrons. The number of carbonyl (C=O) groups excluding carboxylic acids is 4. The monoisotopic (exact) mass is 625 g/mol. The largest absolute Gasteiger partial charge is 0.467 e. The highest BCUT2D eigenvalue weighted by molar-refractivity contribution is 6.30. The predicted octanol–water partition coefficient (Wildman–Crippen LogP) is 5.58. The molecule has 0 heterocycles. The number of hydrogen-bond donors (Lipinski definition) is 2. The molecule has 2 aromatic carbocycles. The number of nitrogens with zero attached hydrogens (tertiary/aromatic N) is 1. The van der Waals surface area contributed by atoms with E-state index in [2.05, 4.69) is 22.8 Å². The second-order valence-electron chi connectivity index (χ2n) is 12.1. The van der Waals surface area contributed by atoms with Crippen molar-refractivity contribution in [1.82, 2.24) is 15.5 Å². The molecule has 0 aliphatic heterocycles. The quantitative estimate of drug-likeness (QED) is 0.265. The third-order valence-electron chi connectivity index (χ3n) is 8.90. The minimum Gasteiger partial charge on any atom is -0.467 e. The van der Waals surface area contributed by atoms with E-state index in [1.54, 1.807) is 29.2 Å². The van der Waals surface area contributed by atoms with Gasteiger partial charge in [0, 0.05) is 24.0 Å². The number of rotatable bonds is 14. The third-order valence-corrected chi connectivity index (χ3v) is 9.13. The minimum atomic E-state index is -1.03. The summed E-state index contributed by atoms with van der Waals surface area (Å²) in [7, 11) is 3.06. The number of nitrogens with one attached hydrogen (secondary N) is 2. The molecule has 2 aromatic rings. The van der Waals surface area contributed by atoms with Crippen LogP contribution in [0.1, 0.15) is 75.3 Å². The lowest BCUT2D eigenvalue weighted by molar-refractivity contribution is -0.146. The first kappa shape index (κ1) is 33.3. The van der Waals surface area contributed by atoms with Crippen LogP contribution in [0.15, 0.2) is 54.6 Å². The molecule has 0 spiro atoms. The summed E-state index contributed by atoms with van der Waals surface area (Å²) in [6, 6.07) is 15.1. The Labute approximate surface area is 265 Å². The van der Waals surface area contributed by atoms with Crippen molar-refractivity contribution in [3.63, 3.8) is 0 Å². The molecule has 2 fully saturated rings. The van der Waals surface area contributed by atoms with E-state index in [0.717, 1.165) is 56.9 Å². The lowest BCUT2D eigenvalue weighted by Gasteiger charge is -2.30. The molecule has 2 aliphatic carbocycles. The first-order valence-electron chi connectivity index (χ1n) is 15.6. The molecule has 0 unspecified atom stereocenters. The molecule has 10 heteroatoms. The van der Waals surface area contributed by atoms with Crippen molar-refractivity contribution in [3.8, 4) is 0 Å². The highest BCUT2D eigenvalue weighted by atomic mass is 35.5. The molecule has 44 heavy (non-hydrogen) atoms. The standard InChI is InChI=1S/C34H44ClN3O6/c1-38(34(18-19-34)22-25-12-7-4-8-13-25)30(39)17-16-28(32(41)43-2)36-31(40)29(21-24-10-5-3-6-11-24)37-33(42)44-23-26-14-9-15-27(35)20-26/h4,7-9,12-15,20,24,28-29H,3,5-6,10-11,16-19,21-23H2,1-2H3,(H,36,40)(H,37,42)/t28-,29-/m0/s1. The van der Waals surface area contributed by atoms with Crippen LogP contribution >= 0.6 is 11.6 Å². The molecule has 2 aliphatic rings. The average molecular weight is 626 g/mol. The molecule has 2 saturated carbocycles. The summed E-state index contributed by atoms with van der Waals surface area (Å²) in [4.78, 5) is 54.1. The second kappa shape index (κ2) is 15.9. The molecule has 0 aromatic heterocycles. The van der Waals surface area contributed by atoms with E-state index in [1.165, 1.54) is 12.7 Å². The van der Waals surface area contributed by atoms with Crippen molar-refractivity contribution in [1.29, 1.82) is 0 Å². The maximum absolute atomic E-state index is 13.6. The molecule has 2 atom stereocenters. The Morgan fingerprint density at radius 3 is 2.32 bits per heavy atom. The van der Waals surface area contributed by atoms with Crippen LogP contribution in [-0.4, -0.2) is 60.6 Å². The van der Waals surface area contributed by atoms with E-state index in [1.807, 2.05) is 25.2 Å². The number of esters is 1. The lowest BCUT2D eigenvalue weighted by Crippen LogP contribution is -2.53. The van der Waals surface area contributed by atoms with Gasteiger partial charge in [0.15, 0.2) is 0 Å². The van der Waals surface area contributed by atoms with Gasteiger partial charge in [0.1, 0.15) is 18.7 Å². The first-order chi connectivity index (χ1) is 21.2. The number of amides is 3. The number of alkyl carbamates (subject to hydrolysis) is 1. The summed E-state index contributed by atoms with van der Waals surface area (Å²) < 4.78 is 10.4. The van der Waals surface area contributed by atoms with Crippen LogP contribution in [0.3, 0.4) is 0 Å². The Balaban J connectivity index is 1.36. The normalized spacial score (nSPS) is 17.1. The van der Waals surface area contributed by atoms with Crippen LogP contribution in [0.5, 0.6) is 0 Å². The number of methoxy groups -OCH3 is 1. The SMILES string of the molecule is COC(=O)[C@H](CCC(=O)N(C)C1(Cc2ccccc2)CC1)NC(=O)[C@H](CC1CCCCC1)NC(=O)OCc1cccc(Cl)c1. The maximum Gasteiger partial charge on any atom is 0.408 e. The molecule has 4 rings (SSSR count). The lowest BCUT2D eigenvalue weighted by atomic mass is 9.84. The van der Waals surface area contributed by atoms with E-state index in [-0.39, 0.29) is 36.8 Å². The fourth-order valence-corrected chi connectivity index (χ4v) is 6.27. The van der Waals surface area contributed by atoms with Gasteiger partial charge in [-0.1, -0.05) is 86.2 Å². The number of halogens is 1. The summed E-state index contributed by atoms with van der Waals surface area (Å²) >= 11 is 6.03. The Morgan fingerprint density at radius 1 is 0.955 bits per heavy atom. The smallest absolute Gasteiger partial charge is 0.408 e. The number of benzene rings is 2. The molecule has 0 bridgehead atoms. The van der Waals surface area contributed by atoms with E-state index in [9.17, 15) is 19.2 Å². The van der Waals surface area contributed by atoms with Gasteiger partial charge in [0.2, 0.25) is 11.8 Å². The highest BCUT2D eigenvalue weighted by Crippen LogP contribution is 2.44. The zero-order valence-electron chi connectivity index (χ0n) is 25.7. The van der Waals surface area contributed by atoms with E-state index >= 15 is 0 Å². The van der Waals surface area contributed by atoms with Gasteiger partial charge in [-0.25, -0.2) is 9.59 Å². The van der Waals surface area contributed by atoms with Crippen molar-refractivity contribution in [2.45, 2.75) is 94.9 Å². The number of carbonyl (C=O) groups is 4. The Hall–Kier alpha value is -3.59. The van der Waals surface area contributed by atoms with Gasteiger partial charge < -0.3 is 25.0 Å². The molecular formula is C34H44ClN3O6. The zero-order valence-corrected chi connectivity index (χ0v) is 26.4. The summed E-state index contributed by atoms with van der Waals surface area (Å²) in [5, 5.41) is 6.00. The molecular weight excluding hydrogens is 582 g/mol. The van der Waals surface area contributed by atoms with Crippen LogP contribution < -0.4 is 10.6 Å². The maximum atomic E-state index is 13.6. The predicted molar refractivity (Wildman–Crippen MR) is 168 cm³/mol. The zero-order chi connectivity index (χ0) is 31.5. The van der Waals surface area contributed by atoms with Crippen LogP contribution in [-0.2, 0) is 36.9 Å². The van der Waals surface area contributed by atoms with E-state index in [4.69, 9.17) is 21.1 Å². The van der Waals surface area contributed by atoms with Gasteiger partial charge in [0.25, 0.3) is 0 Å². The molecule has 2 N–H and O–H groups in total. The third kappa shape index (κ3) is 9.71. The Kier molecular flexibility index (Phi) is 12.1. The Morgan fingerprint density at radius 2 is 1.66 bits per heavy atom. The fraction of sp³-hybridized carbons (Fsp3) is 0.529. The van der Waals surface area contributed by atoms with Gasteiger partial charge in [-0.2, -0.15) is 0 Å². The van der Waals surface area contributed by atoms with Crippen LogP contribution in [0, 0.1) is 5.92 Å². The molecule has 9 nitrogen and oxygen atoms in total. The van der Waals surface area contributed by atoms with Gasteiger partial charge in [-0.05, 0) is 61.3 Å². The molecule has 238 valence electrons. The van der Waals surface area contributed by atoms with Crippen LogP contribution in [0.25, 0.3) is 0 Å². The van der Waals surface area contributed by atoms with E-state index in [0.29, 0.717) is 11.4 Å². The Bertz CT molecular complexity index is 1280. The van der Waals surface area contributed by atoms with Gasteiger partial charge in [-0.15, -0.1) is 0 Å².